The molecule has 2 rings (SSSR count). The van der Waals surface area contributed by atoms with Crippen molar-refractivity contribution in [2.75, 3.05) is 0 Å². The predicted molar refractivity (Wildman–Crippen MR) is 109 cm³/mol. The third-order valence-corrected chi connectivity index (χ3v) is 6.46. The molecule has 0 amide bonds. The second kappa shape index (κ2) is 9.52. The van der Waals surface area contributed by atoms with E-state index in [0.717, 1.165) is 5.56 Å². The van der Waals surface area contributed by atoms with Crippen LogP contribution in [-0.2, 0) is 13.6 Å². The summed E-state index contributed by atoms with van der Waals surface area (Å²) in [6, 6.07) is 16.6. The Morgan fingerprint density at radius 1 is 0.852 bits per heavy atom. The van der Waals surface area contributed by atoms with E-state index in [4.69, 9.17) is 9.05 Å². The maximum absolute atomic E-state index is 13.8. The Balaban J connectivity index is 2.47. The molecule has 148 valence electrons. The van der Waals surface area contributed by atoms with Gasteiger partial charge in [0.2, 0.25) is 0 Å². The van der Waals surface area contributed by atoms with E-state index in [2.05, 4.69) is 5.32 Å². The van der Waals surface area contributed by atoms with E-state index in [1.807, 2.05) is 65.0 Å². The molecule has 0 heterocycles. The van der Waals surface area contributed by atoms with Crippen molar-refractivity contribution < 1.29 is 18.7 Å². The number of phenols is 1. The van der Waals surface area contributed by atoms with Gasteiger partial charge in [0.05, 0.1) is 12.2 Å². The third-order valence-electron chi connectivity index (χ3n) is 3.97. The molecule has 0 unspecified atom stereocenters. The van der Waals surface area contributed by atoms with Gasteiger partial charge in [-0.05, 0) is 46.2 Å². The molecular weight excluding hydrogens is 361 g/mol. The molecule has 5 nitrogen and oxygen atoms in total. The summed E-state index contributed by atoms with van der Waals surface area (Å²) < 4.78 is 25.5. The van der Waals surface area contributed by atoms with Crippen LogP contribution in [-0.4, -0.2) is 17.3 Å². The zero-order chi connectivity index (χ0) is 20.0. The molecule has 2 atom stereocenters. The first-order chi connectivity index (χ1) is 12.7. The lowest BCUT2D eigenvalue weighted by atomic mass is 10.1. The monoisotopic (exact) mass is 391 g/mol. The topological polar surface area (TPSA) is 67.8 Å². The normalized spacial score (nSPS) is 14.5. The summed E-state index contributed by atoms with van der Waals surface area (Å²) in [5.41, 5.74) is 1.53. The van der Waals surface area contributed by atoms with Crippen LogP contribution in [0, 0.1) is 0 Å². The lowest BCUT2D eigenvalue weighted by Crippen LogP contribution is -2.28. The quantitative estimate of drug-likeness (QED) is 0.530. The number of hydrogen-bond acceptors (Lipinski definition) is 5. The van der Waals surface area contributed by atoms with Crippen LogP contribution in [0.3, 0.4) is 0 Å². The van der Waals surface area contributed by atoms with Crippen LogP contribution in [0.4, 0.5) is 0 Å². The van der Waals surface area contributed by atoms with Crippen LogP contribution in [0.15, 0.2) is 54.6 Å². The molecule has 0 saturated heterocycles. The summed E-state index contributed by atoms with van der Waals surface area (Å²) in [4.78, 5) is 0. The first kappa shape index (κ1) is 21.6. The van der Waals surface area contributed by atoms with Crippen molar-refractivity contribution in [2.45, 2.75) is 58.7 Å². The molecule has 27 heavy (non-hydrogen) atoms. The fourth-order valence-corrected chi connectivity index (χ4v) is 5.31. The smallest absolute Gasteiger partial charge is 0.352 e. The molecule has 0 aliphatic rings. The second-order valence-corrected chi connectivity index (χ2v) is 9.13. The van der Waals surface area contributed by atoms with Crippen molar-refractivity contribution in [3.05, 3.63) is 65.7 Å². The maximum Gasteiger partial charge on any atom is 0.352 e. The van der Waals surface area contributed by atoms with E-state index in [9.17, 15) is 9.67 Å². The Labute approximate surface area is 162 Å². The molecule has 0 spiro atoms. The first-order valence-electron chi connectivity index (χ1n) is 9.28. The molecule has 0 fully saturated rings. The van der Waals surface area contributed by atoms with Gasteiger partial charge in [0.15, 0.2) is 0 Å². The van der Waals surface area contributed by atoms with Gasteiger partial charge in [-0.2, -0.15) is 0 Å². The fraction of sp³-hybridized carbons (Fsp3) is 0.429. The van der Waals surface area contributed by atoms with E-state index in [1.54, 1.807) is 24.3 Å². The molecule has 2 N–H and O–H groups in total. The summed E-state index contributed by atoms with van der Waals surface area (Å²) in [5.74, 6) is -0.756. The van der Waals surface area contributed by atoms with Gasteiger partial charge >= 0.3 is 7.60 Å². The van der Waals surface area contributed by atoms with Crippen LogP contribution in [0.25, 0.3) is 0 Å². The highest BCUT2D eigenvalue weighted by Crippen LogP contribution is 2.62. The van der Waals surface area contributed by atoms with Crippen LogP contribution >= 0.6 is 7.60 Å². The standard InChI is InChI=1S/C21H30NO4P/c1-15(2)25-27(24,26-16(3)4)21(19-13-9-10-14-20(19)23)22-17(5)18-11-7-6-8-12-18/h6-17,21-23H,1-5H3/t17-,21+/m1/s1. The second-order valence-electron chi connectivity index (χ2n) is 7.11. The molecule has 0 aliphatic heterocycles. The summed E-state index contributed by atoms with van der Waals surface area (Å²) >= 11 is 0. The minimum Gasteiger partial charge on any atom is -0.508 e. The lowest BCUT2D eigenvalue weighted by molar-refractivity contribution is 0.132. The molecule has 2 aromatic rings. The molecule has 2 aromatic carbocycles. The fourth-order valence-electron chi connectivity index (χ4n) is 2.88. The van der Waals surface area contributed by atoms with Gasteiger partial charge in [0.1, 0.15) is 11.5 Å². The molecule has 6 heteroatoms. The zero-order valence-corrected chi connectivity index (χ0v) is 17.5. The van der Waals surface area contributed by atoms with Crippen molar-refractivity contribution >= 4 is 7.60 Å². The van der Waals surface area contributed by atoms with E-state index in [0.29, 0.717) is 5.56 Å². The minimum atomic E-state index is -3.64. The van der Waals surface area contributed by atoms with Crippen LogP contribution < -0.4 is 5.32 Å². The van der Waals surface area contributed by atoms with Gasteiger partial charge in [-0.15, -0.1) is 0 Å². The van der Waals surface area contributed by atoms with E-state index < -0.39 is 13.4 Å². The average Bonchev–Trinajstić information content (AvgIpc) is 2.59. The molecule has 0 bridgehead atoms. The predicted octanol–water partition coefficient (Wildman–Crippen LogP) is 5.78. The highest BCUT2D eigenvalue weighted by Gasteiger charge is 2.41. The largest absolute Gasteiger partial charge is 0.508 e. The van der Waals surface area contributed by atoms with Crippen molar-refractivity contribution in [3.63, 3.8) is 0 Å². The Kier molecular flexibility index (Phi) is 7.63. The van der Waals surface area contributed by atoms with E-state index in [1.165, 1.54) is 0 Å². The number of nitrogens with one attached hydrogen (secondary N) is 1. The maximum atomic E-state index is 13.8. The highest BCUT2D eigenvalue weighted by atomic mass is 31.2. The number of aromatic hydroxyl groups is 1. The molecule has 0 aromatic heterocycles. The number of hydrogen-bond donors (Lipinski definition) is 2. The highest BCUT2D eigenvalue weighted by molar-refractivity contribution is 7.54. The van der Waals surface area contributed by atoms with Gasteiger partial charge in [0, 0.05) is 11.6 Å². The Morgan fingerprint density at radius 3 is 1.89 bits per heavy atom. The van der Waals surface area contributed by atoms with Crippen molar-refractivity contribution in [1.82, 2.24) is 5.32 Å². The van der Waals surface area contributed by atoms with Crippen molar-refractivity contribution in [1.29, 1.82) is 0 Å². The first-order valence-corrected chi connectivity index (χ1v) is 10.9. The zero-order valence-electron chi connectivity index (χ0n) is 16.6. The number of benzene rings is 2. The summed E-state index contributed by atoms with van der Waals surface area (Å²) in [6.45, 7) is 9.26. The van der Waals surface area contributed by atoms with Crippen molar-refractivity contribution in [3.8, 4) is 5.75 Å². The van der Waals surface area contributed by atoms with Crippen LogP contribution in [0.5, 0.6) is 5.75 Å². The van der Waals surface area contributed by atoms with Gasteiger partial charge < -0.3 is 14.2 Å². The Morgan fingerprint density at radius 2 is 1.37 bits per heavy atom. The molecule has 0 saturated carbocycles. The van der Waals surface area contributed by atoms with Crippen LogP contribution in [0.1, 0.15) is 57.6 Å². The number of para-hydroxylation sites is 1. The van der Waals surface area contributed by atoms with Gasteiger partial charge in [-0.1, -0.05) is 48.5 Å². The summed E-state index contributed by atoms with van der Waals surface area (Å²) in [7, 11) is -3.64. The minimum absolute atomic E-state index is 0.0511. The number of rotatable bonds is 9. The number of phenolic OH excluding ortho intramolecular Hbond substituents is 1. The lowest BCUT2D eigenvalue weighted by Gasteiger charge is -2.33. The SMILES string of the molecule is CC(C)OP(=O)(OC(C)C)[C@H](N[C@H](C)c1ccccc1)c1ccccc1O. The van der Waals surface area contributed by atoms with Gasteiger partial charge in [-0.25, -0.2) is 0 Å². The third kappa shape index (κ3) is 5.91. The van der Waals surface area contributed by atoms with E-state index in [-0.39, 0.29) is 24.0 Å². The molecule has 0 aliphatic carbocycles. The van der Waals surface area contributed by atoms with E-state index >= 15 is 0 Å². The van der Waals surface area contributed by atoms with Crippen molar-refractivity contribution in [2.24, 2.45) is 0 Å². The Hall–Kier alpha value is -1.65. The van der Waals surface area contributed by atoms with Crippen LogP contribution in [0.2, 0.25) is 0 Å². The van der Waals surface area contributed by atoms with Gasteiger partial charge in [0.25, 0.3) is 0 Å². The van der Waals surface area contributed by atoms with Gasteiger partial charge in [-0.3, -0.25) is 9.88 Å². The molecule has 0 radical (unpaired) electrons. The average molecular weight is 391 g/mol. The Bertz CT molecular complexity index is 750. The summed E-state index contributed by atoms with van der Waals surface area (Å²) in [5, 5.41) is 13.8. The molecular formula is C21H30NO4P. The summed E-state index contributed by atoms with van der Waals surface area (Å²) in [6.07, 6.45) is -0.589.